The van der Waals surface area contributed by atoms with Crippen LogP contribution in [0.15, 0.2) is 0 Å². The average Bonchev–Trinajstić information content (AvgIpc) is 2.44. The van der Waals surface area contributed by atoms with Crippen molar-refractivity contribution in [3.05, 3.63) is 0 Å². The third-order valence-electron chi connectivity index (χ3n) is 5.66. The van der Waals surface area contributed by atoms with Gasteiger partial charge in [-0.15, -0.1) is 0 Å². The minimum absolute atomic E-state index is 0.570. The van der Waals surface area contributed by atoms with Gasteiger partial charge in [-0.25, -0.2) is 0 Å². The van der Waals surface area contributed by atoms with Crippen molar-refractivity contribution in [1.82, 2.24) is 5.32 Å². The molecule has 0 saturated heterocycles. The number of hydrogen-bond acceptors (Lipinski definition) is 2. The summed E-state index contributed by atoms with van der Waals surface area (Å²) in [6.45, 7) is 8.78. The van der Waals surface area contributed by atoms with E-state index in [9.17, 15) is 0 Å². The van der Waals surface area contributed by atoms with Crippen LogP contribution in [0.2, 0.25) is 0 Å². The molecular formula is C18H35NO. The summed E-state index contributed by atoms with van der Waals surface area (Å²) in [4.78, 5) is 0. The van der Waals surface area contributed by atoms with Crippen molar-refractivity contribution in [3.8, 4) is 0 Å². The predicted molar refractivity (Wildman–Crippen MR) is 86.0 cm³/mol. The van der Waals surface area contributed by atoms with Gasteiger partial charge in [0.15, 0.2) is 0 Å². The van der Waals surface area contributed by atoms with E-state index in [1.54, 1.807) is 0 Å². The molecule has 1 N–H and O–H groups in total. The zero-order chi connectivity index (χ0) is 14.4. The fraction of sp³-hybridized carbons (Fsp3) is 1.00. The summed E-state index contributed by atoms with van der Waals surface area (Å²) >= 11 is 0. The molecule has 0 amide bonds. The lowest BCUT2D eigenvalue weighted by molar-refractivity contribution is -0.0325. The van der Waals surface area contributed by atoms with Gasteiger partial charge in [-0.1, -0.05) is 39.5 Å². The SMILES string of the molecule is CCNC(CC1CC(OCC)C1)C1CCCCC1CC. The molecule has 2 aliphatic rings. The summed E-state index contributed by atoms with van der Waals surface area (Å²) in [7, 11) is 0. The molecule has 0 aromatic heterocycles. The van der Waals surface area contributed by atoms with Crippen molar-refractivity contribution in [3.63, 3.8) is 0 Å². The molecule has 3 atom stereocenters. The second kappa shape index (κ2) is 8.38. The standard InChI is InChI=1S/C18H35NO/c1-4-15-9-7-8-10-17(15)18(19-5-2)13-14-11-16(12-14)20-6-3/h14-19H,4-13H2,1-3H3. The molecule has 0 radical (unpaired) electrons. The van der Waals surface area contributed by atoms with E-state index in [1.165, 1.54) is 51.4 Å². The normalized spacial score (nSPS) is 35.5. The Morgan fingerprint density at radius 3 is 2.50 bits per heavy atom. The number of hydrogen-bond donors (Lipinski definition) is 1. The summed E-state index contributed by atoms with van der Waals surface area (Å²) in [5.41, 5.74) is 0. The number of rotatable bonds is 8. The maximum absolute atomic E-state index is 5.72. The van der Waals surface area contributed by atoms with Crippen molar-refractivity contribution in [2.24, 2.45) is 17.8 Å². The zero-order valence-electron chi connectivity index (χ0n) is 13.9. The Hall–Kier alpha value is -0.0800. The largest absolute Gasteiger partial charge is 0.378 e. The molecule has 2 fully saturated rings. The van der Waals surface area contributed by atoms with Gasteiger partial charge < -0.3 is 10.1 Å². The molecule has 3 unspecified atom stereocenters. The van der Waals surface area contributed by atoms with Crippen LogP contribution in [0.25, 0.3) is 0 Å². The van der Waals surface area contributed by atoms with Gasteiger partial charge in [-0.05, 0) is 56.9 Å². The van der Waals surface area contributed by atoms with Crippen LogP contribution in [0.3, 0.4) is 0 Å². The summed E-state index contributed by atoms with van der Waals surface area (Å²) in [6.07, 6.45) is 11.8. The van der Waals surface area contributed by atoms with Crippen LogP contribution in [0.5, 0.6) is 0 Å². The first-order chi connectivity index (χ1) is 9.78. The lowest BCUT2D eigenvalue weighted by Crippen LogP contribution is -2.45. The van der Waals surface area contributed by atoms with Crippen LogP contribution >= 0.6 is 0 Å². The highest BCUT2D eigenvalue weighted by Gasteiger charge is 2.36. The van der Waals surface area contributed by atoms with Gasteiger partial charge in [0.05, 0.1) is 6.10 Å². The van der Waals surface area contributed by atoms with Gasteiger partial charge >= 0.3 is 0 Å². The van der Waals surface area contributed by atoms with E-state index in [0.717, 1.165) is 36.9 Å². The molecule has 20 heavy (non-hydrogen) atoms. The highest BCUT2D eigenvalue weighted by Crippen LogP contribution is 2.40. The Morgan fingerprint density at radius 2 is 1.85 bits per heavy atom. The van der Waals surface area contributed by atoms with Gasteiger partial charge in [-0.3, -0.25) is 0 Å². The van der Waals surface area contributed by atoms with E-state index in [-0.39, 0.29) is 0 Å². The molecule has 0 aliphatic heterocycles. The highest BCUT2D eigenvalue weighted by molar-refractivity contribution is 4.90. The second-order valence-electron chi connectivity index (χ2n) is 6.93. The monoisotopic (exact) mass is 281 g/mol. The van der Waals surface area contributed by atoms with Gasteiger partial charge in [0.2, 0.25) is 0 Å². The molecule has 0 aromatic rings. The Balaban J connectivity index is 1.83. The third kappa shape index (κ3) is 4.21. The van der Waals surface area contributed by atoms with Gasteiger partial charge in [0, 0.05) is 12.6 Å². The zero-order valence-corrected chi connectivity index (χ0v) is 13.9. The van der Waals surface area contributed by atoms with Crippen molar-refractivity contribution >= 4 is 0 Å². The lowest BCUT2D eigenvalue weighted by atomic mass is 9.69. The van der Waals surface area contributed by atoms with Crippen LogP contribution < -0.4 is 5.32 Å². The number of ether oxygens (including phenoxy) is 1. The van der Waals surface area contributed by atoms with Crippen LogP contribution in [0.4, 0.5) is 0 Å². The minimum atomic E-state index is 0.570. The lowest BCUT2D eigenvalue weighted by Gasteiger charge is -2.42. The van der Waals surface area contributed by atoms with Gasteiger partial charge in [0.25, 0.3) is 0 Å². The second-order valence-corrected chi connectivity index (χ2v) is 6.93. The minimum Gasteiger partial charge on any atom is -0.378 e. The van der Waals surface area contributed by atoms with Crippen molar-refractivity contribution in [2.75, 3.05) is 13.2 Å². The summed E-state index contributed by atoms with van der Waals surface area (Å²) in [6, 6.07) is 0.762. The first-order valence-electron chi connectivity index (χ1n) is 9.13. The van der Waals surface area contributed by atoms with E-state index < -0.39 is 0 Å². The van der Waals surface area contributed by atoms with Crippen LogP contribution in [-0.4, -0.2) is 25.3 Å². The molecule has 0 bridgehead atoms. The smallest absolute Gasteiger partial charge is 0.0580 e. The van der Waals surface area contributed by atoms with Crippen molar-refractivity contribution in [1.29, 1.82) is 0 Å². The molecule has 2 heteroatoms. The van der Waals surface area contributed by atoms with Crippen molar-refractivity contribution in [2.45, 2.75) is 84.3 Å². The fourth-order valence-corrected chi connectivity index (χ4v) is 4.54. The Morgan fingerprint density at radius 1 is 1.10 bits per heavy atom. The van der Waals surface area contributed by atoms with Crippen LogP contribution in [0.1, 0.15) is 72.1 Å². The fourth-order valence-electron chi connectivity index (χ4n) is 4.54. The maximum Gasteiger partial charge on any atom is 0.0580 e. The summed E-state index contributed by atoms with van der Waals surface area (Å²) < 4.78 is 5.72. The quantitative estimate of drug-likeness (QED) is 0.712. The molecular weight excluding hydrogens is 246 g/mol. The summed E-state index contributed by atoms with van der Waals surface area (Å²) in [5, 5.41) is 3.82. The predicted octanol–water partition coefficient (Wildman–Crippen LogP) is 4.39. The van der Waals surface area contributed by atoms with Crippen LogP contribution in [0, 0.1) is 17.8 Å². The molecule has 2 nitrogen and oxygen atoms in total. The highest BCUT2D eigenvalue weighted by atomic mass is 16.5. The summed E-state index contributed by atoms with van der Waals surface area (Å²) in [5.74, 6) is 2.81. The first-order valence-corrected chi connectivity index (χ1v) is 9.13. The van der Waals surface area contributed by atoms with E-state index in [1.807, 2.05) is 0 Å². The number of nitrogens with one attached hydrogen (secondary N) is 1. The van der Waals surface area contributed by atoms with Crippen molar-refractivity contribution < 1.29 is 4.74 Å². The molecule has 2 aliphatic carbocycles. The molecule has 0 heterocycles. The molecule has 2 saturated carbocycles. The molecule has 2 rings (SSSR count). The molecule has 0 spiro atoms. The van der Waals surface area contributed by atoms with E-state index in [0.29, 0.717) is 6.10 Å². The maximum atomic E-state index is 5.72. The third-order valence-corrected chi connectivity index (χ3v) is 5.66. The van der Waals surface area contributed by atoms with Gasteiger partial charge in [-0.2, -0.15) is 0 Å². The molecule has 0 aromatic carbocycles. The van der Waals surface area contributed by atoms with E-state index in [2.05, 4.69) is 26.1 Å². The molecule has 118 valence electrons. The Kier molecular flexibility index (Phi) is 6.83. The van der Waals surface area contributed by atoms with Crippen LogP contribution in [-0.2, 0) is 4.74 Å². The van der Waals surface area contributed by atoms with E-state index in [4.69, 9.17) is 4.74 Å². The Bertz CT molecular complexity index is 262. The van der Waals surface area contributed by atoms with Gasteiger partial charge in [0.1, 0.15) is 0 Å². The topological polar surface area (TPSA) is 21.3 Å². The van der Waals surface area contributed by atoms with E-state index >= 15 is 0 Å². The first kappa shape index (κ1) is 16.3. The Labute approximate surface area is 126 Å². The average molecular weight is 281 g/mol.